The van der Waals surface area contributed by atoms with E-state index in [1.54, 1.807) is 7.55 Å². The van der Waals surface area contributed by atoms with Gasteiger partial charge < -0.3 is 15.0 Å². The first kappa shape index (κ1) is 7.61. The first-order valence-corrected chi connectivity index (χ1v) is 4.43. The first-order valence-electron chi connectivity index (χ1n) is 4.43. The third-order valence-corrected chi connectivity index (χ3v) is 2.42. The summed E-state index contributed by atoms with van der Waals surface area (Å²) in [6.07, 6.45) is 0. The lowest BCUT2D eigenvalue weighted by Crippen LogP contribution is -2.46. The molecule has 1 radical (unpaired) electrons. The second kappa shape index (κ2) is 2.61. The van der Waals surface area contributed by atoms with Crippen molar-refractivity contribution in [3.63, 3.8) is 0 Å². The van der Waals surface area contributed by atoms with E-state index in [1.165, 1.54) is 0 Å². The van der Waals surface area contributed by atoms with Gasteiger partial charge in [0, 0.05) is 5.69 Å². The van der Waals surface area contributed by atoms with E-state index in [0.717, 1.165) is 11.5 Å². The van der Waals surface area contributed by atoms with Gasteiger partial charge in [-0.3, -0.25) is 4.79 Å². The molecule has 0 unspecified atom stereocenters. The molecule has 1 aromatic carbocycles. The van der Waals surface area contributed by atoms with E-state index in [-0.39, 0.29) is 5.91 Å². The van der Waals surface area contributed by atoms with Gasteiger partial charge in [0.25, 0.3) is 5.91 Å². The molecule has 0 aromatic heterocycles. The number of nitrogens with one attached hydrogen (secondary N) is 1. The molecular formula is C9H7BN3O. The van der Waals surface area contributed by atoms with E-state index in [9.17, 15) is 4.79 Å². The third kappa shape index (κ3) is 0.892. The number of rotatable bonds is 0. The number of para-hydroxylation sites is 1. The molecule has 67 valence electrons. The highest BCUT2D eigenvalue weighted by Crippen LogP contribution is 2.24. The van der Waals surface area contributed by atoms with Gasteiger partial charge in [-0.2, -0.15) is 0 Å². The molecule has 0 saturated carbocycles. The van der Waals surface area contributed by atoms with Gasteiger partial charge in [0.2, 0.25) is 0 Å². The number of nitrogens with zero attached hydrogens (tertiary/aromatic N) is 2. The molecule has 5 heteroatoms. The summed E-state index contributed by atoms with van der Waals surface area (Å²) < 4.78 is 0. The van der Waals surface area contributed by atoms with E-state index in [4.69, 9.17) is 0 Å². The fraction of sp³-hybridized carbons (Fsp3) is 0.111. The monoisotopic (exact) mass is 184 g/mol. The summed E-state index contributed by atoms with van der Waals surface area (Å²) in [6.45, 7) is 0.504. The second-order valence-electron chi connectivity index (χ2n) is 3.23. The van der Waals surface area contributed by atoms with Crippen LogP contribution in [-0.4, -0.2) is 25.8 Å². The summed E-state index contributed by atoms with van der Waals surface area (Å²) in [5.74, 6) is 0.856. The molecule has 0 spiro atoms. The largest absolute Gasteiger partial charge is 0.418 e. The van der Waals surface area contributed by atoms with Crippen molar-refractivity contribution in [2.45, 2.75) is 0 Å². The number of hydrogen-bond donors (Lipinski definition) is 1. The van der Waals surface area contributed by atoms with Gasteiger partial charge in [-0.05, 0) is 12.1 Å². The molecule has 2 aliphatic heterocycles. The molecule has 0 bridgehead atoms. The molecule has 1 aromatic rings. The lowest BCUT2D eigenvalue weighted by atomic mass is 9.98. The number of amidine groups is 1. The Morgan fingerprint density at radius 3 is 3.07 bits per heavy atom. The van der Waals surface area contributed by atoms with Crippen molar-refractivity contribution in [2.24, 2.45) is 4.90 Å². The number of benzene rings is 1. The number of hydrogen-bond acceptors (Lipinski definition) is 3. The van der Waals surface area contributed by atoms with Crippen molar-refractivity contribution >= 4 is 25.0 Å². The van der Waals surface area contributed by atoms with Crippen LogP contribution in [0.4, 0.5) is 5.69 Å². The molecule has 0 fully saturated rings. The van der Waals surface area contributed by atoms with Gasteiger partial charge in [0.1, 0.15) is 0 Å². The quantitative estimate of drug-likeness (QED) is 0.584. The van der Waals surface area contributed by atoms with Crippen molar-refractivity contribution in [1.29, 1.82) is 0 Å². The molecule has 0 saturated heterocycles. The van der Waals surface area contributed by atoms with Crippen molar-refractivity contribution in [1.82, 2.24) is 5.32 Å². The molecule has 14 heavy (non-hydrogen) atoms. The zero-order valence-corrected chi connectivity index (χ0v) is 7.40. The Kier molecular flexibility index (Phi) is 1.42. The van der Waals surface area contributed by atoms with Crippen molar-refractivity contribution < 1.29 is 4.79 Å². The van der Waals surface area contributed by atoms with Gasteiger partial charge in [0.05, 0.1) is 17.9 Å². The van der Waals surface area contributed by atoms with Crippen LogP contribution in [0, 0.1) is 0 Å². The molecule has 2 aliphatic rings. The normalized spacial score (nSPS) is 17.9. The van der Waals surface area contributed by atoms with Crippen LogP contribution in [0.3, 0.4) is 0 Å². The fourth-order valence-electron chi connectivity index (χ4n) is 1.66. The van der Waals surface area contributed by atoms with E-state index in [1.807, 2.05) is 29.1 Å². The molecular weight excluding hydrogens is 177 g/mol. The number of fused-ring (bicyclic) bond motifs is 3. The molecule has 4 nitrogen and oxygen atoms in total. The first-order chi connectivity index (χ1) is 6.86. The average Bonchev–Trinajstić information content (AvgIpc) is 2.24. The molecule has 0 aliphatic carbocycles. The Bertz CT molecular complexity index is 443. The highest BCUT2D eigenvalue weighted by Gasteiger charge is 2.29. The van der Waals surface area contributed by atoms with Crippen LogP contribution < -0.4 is 10.1 Å². The summed E-state index contributed by atoms with van der Waals surface area (Å²) in [7, 11) is 1.73. The Labute approximate surface area is 81.9 Å². The standard InChI is InChI=1S/C9H7BN3O/c14-9-6-3-1-2-4-7(6)13-8(5-11-9)12-10-13/h1-4H,5H2,(H,11,14). The maximum atomic E-state index is 11.6. The van der Waals surface area contributed by atoms with Crippen LogP contribution >= 0.6 is 0 Å². The zero-order valence-electron chi connectivity index (χ0n) is 7.40. The number of amides is 1. The molecule has 3 rings (SSSR count). The smallest absolute Gasteiger partial charge is 0.355 e. The summed E-state index contributed by atoms with van der Waals surface area (Å²) >= 11 is 0. The van der Waals surface area contributed by atoms with Crippen molar-refractivity contribution in [3.05, 3.63) is 29.8 Å². The van der Waals surface area contributed by atoms with E-state index in [2.05, 4.69) is 10.2 Å². The molecule has 0 atom stereocenters. The maximum absolute atomic E-state index is 11.6. The van der Waals surface area contributed by atoms with Gasteiger partial charge in [-0.25, -0.2) is 0 Å². The van der Waals surface area contributed by atoms with E-state index in [0.29, 0.717) is 12.1 Å². The minimum absolute atomic E-state index is 0.0360. The SMILES string of the molecule is O=C1NCC2=N[B]N2c2ccccc21. The Hall–Kier alpha value is -1.78. The summed E-state index contributed by atoms with van der Waals surface area (Å²) in [5.41, 5.74) is 1.61. The number of carbonyl (C=O) groups is 1. The summed E-state index contributed by atoms with van der Waals surface area (Å²) in [4.78, 5) is 17.6. The zero-order chi connectivity index (χ0) is 9.54. The highest BCUT2D eigenvalue weighted by atomic mass is 16.1. The third-order valence-electron chi connectivity index (χ3n) is 2.42. The van der Waals surface area contributed by atoms with Gasteiger partial charge in [0.15, 0.2) is 0 Å². The summed E-state index contributed by atoms with van der Waals surface area (Å²) in [5, 5.41) is 2.80. The minimum Gasteiger partial charge on any atom is -0.355 e. The van der Waals surface area contributed by atoms with Crippen LogP contribution in [0.5, 0.6) is 0 Å². The molecule has 1 N–H and O–H groups in total. The Morgan fingerprint density at radius 2 is 2.29 bits per heavy atom. The van der Waals surface area contributed by atoms with Crippen LogP contribution in [0.2, 0.25) is 0 Å². The van der Waals surface area contributed by atoms with Crippen LogP contribution in [-0.2, 0) is 0 Å². The lowest BCUT2D eigenvalue weighted by molar-refractivity contribution is 0.0961. The lowest BCUT2D eigenvalue weighted by Gasteiger charge is -2.29. The van der Waals surface area contributed by atoms with Crippen LogP contribution in [0.1, 0.15) is 10.4 Å². The van der Waals surface area contributed by atoms with Gasteiger partial charge in [-0.15, -0.1) is 0 Å². The van der Waals surface area contributed by atoms with Crippen LogP contribution in [0.15, 0.2) is 29.2 Å². The van der Waals surface area contributed by atoms with Crippen molar-refractivity contribution in [3.8, 4) is 0 Å². The molecule has 2 heterocycles. The van der Waals surface area contributed by atoms with E-state index < -0.39 is 0 Å². The van der Waals surface area contributed by atoms with Gasteiger partial charge in [-0.1, -0.05) is 12.1 Å². The van der Waals surface area contributed by atoms with E-state index >= 15 is 0 Å². The highest BCUT2D eigenvalue weighted by molar-refractivity contribution is 6.58. The summed E-state index contributed by atoms with van der Waals surface area (Å²) in [6, 6.07) is 7.52. The molecule has 1 amide bonds. The topological polar surface area (TPSA) is 44.7 Å². The van der Waals surface area contributed by atoms with Gasteiger partial charge >= 0.3 is 7.55 Å². The van der Waals surface area contributed by atoms with Crippen molar-refractivity contribution in [2.75, 3.05) is 11.4 Å². The Balaban J connectivity index is 2.18. The number of carbonyl (C=O) groups excluding carboxylic acids is 1. The maximum Gasteiger partial charge on any atom is 0.418 e. The predicted octanol–water partition coefficient (Wildman–Crippen LogP) is 0.183. The Morgan fingerprint density at radius 1 is 1.43 bits per heavy atom. The predicted molar refractivity (Wildman–Crippen MR) is 54.4 cm³/mol. The minimum atomic E-state index is -0.0360. The number of anilines is 1. The average molecular weight is 184 g/mol. The second-order valence-corrected chi connectivity index (χ2v) is 3.23. The van der Waals surface area contributed by atoms with Crippen LogP contribution in [0.25, 0.3) is 0 Å². The fourth-order valence-corrected chi connectivity index (χ4v) is 1.66.